The maximum Gasteiger partial charge on any atom is 0.338 e. The zero-order chi connectivity index (χ0) is 51.6. The Balaban J connectivity index is 1.07. The van der Waals surface area contributed by atoms with Crippen molar-refractivity contribution in [1.82, 2.24) is 0 Å². The fourth-order valence-corrected chi connectivity index (χ4v) is 9.04. The lowest BCUT2D eigenvalue weighted by molar-refractivity contribution is -0.336. The summed E-state index contributed by atoms with van der Waals surface area (Å²) in [5.74, 6) is -2.17. The SMILES string of the molecule is C[C@@H]1OC(CO[C@H]2OC(COCc3ccccc3)[C@@H](OCc3ccccc3)C(OCc3ccccc3)[C@@H]2OCc2ccccc2)[C@@H](OC(=O)c2ccccc2)C(OC(=O)c2ccccc2)[C@@H]1OC(=O)c1ccccc1. The topological polar surface area (TPSA) is 144 Å². The molecule has 7 aromatic carbocycles. The molecule has 0 aromatic heterocycles. The lowest BCUT2D eigenvalue weighted by Gasteiger charge is -2.47. The summed E-state index contributed by atoms with van der Waals surface area (Å²) >= 11 is 0. The molecule has 4 unspecified atom stereocenters. The van der Waals surface area contributed by atoms with Crippen molar-refractivity contribution in [3.8, 4) is 0 Å². The van der Waals surface area contributed by atoms with E-state index in [9.17, 15) is 14.4 Å². The van der Waals surface area contributed by atoms with E-state index < -0.39 is 79.1 Å². The number of ether oxygens (including phenoxy) is 10. The minimum atomic E-state index is -1.40. The first-order valence-electron chi connectivity index (χ1n) is 25.1. The highest BCUT2D eigenvalue weighted by molar-refractivity contribution is 5.91. The molecule has 7 aromatic rings. The van der Waals surface area contributed by atoms with Crippen LogP contribution in [0, 0.1) is 0 Å². The van der Waals surface area contributed by atoms with Gasteiger partial charge in [-0.15, -0.1) is 0 Å². The van der Waals surface area contributed by atoms with Crippen LogP contribution in [0.3, 0.4) is 0 Å². The highest BCUT2D eigenvalue weighted by Gasteiger charge is 2.53. The van der Waals surface area contributed by atoms with Gasteiger partial charge in [0.25, 0.3) is 0 Å². The Kier molecular flexibility index (Phi) is 18.7. The van der Waals surface area contributed by atoms with E-state index in [1.807, 2.05) is 121 Å². The molecule has 0 spiro atoms. The summed E-state index contributed by atoms with van der Waals surface area (Å²) in [5, 5.41) is 0. The molecule has 0 aliphatic carbocycles. The van der Waals surface area contributed by atoms with E-state index in [4.69, 9.17) is 47.4 Å². The van der Waals surface area contributed by atoms with E-state index in [-0.39, 0.29) is 49.7 Å². The van der Waals surface area contributed by atoms with Gasteiger partial charge < -0.3 is 47.4 Å². The summed E-state index contributed by atoms with van der Waals surface area (Å²) in [6.07, 6.45) is -10.6. The molecule has 0 N–H and O–H groups in total. The summed E-state index contributed by atoms with van der Waals surface area (Å²) in [6.45, 7) is 2.34. The Morgan fingerprint density at radius 3 is 1.13 bits per heavy atom. The van der Waals surface area contributed by atoms with Crippen molar-refractivity contribution in [2.75, 3.05) is 13.2 Å². The van der Waals surface area contributed by atoms with Crippen LogP contribution in [-0.4, -0.2) is 92.3 Å². The number of carbonyl (C=O) groups excluding carboxylic acids is 3. The first-order valence-corrected chi connectivity index (χ1v) is 25.1. The van der Waals surface area contributed by atoms with E-state index in [2.05, 4.69) is 0 Å². The largest absolute Gasteiger partial charge is 0.452 e. The average molecular weight is 1010 g/mol. The van der Waals surface area contributed by atoms with Gasteiger partial charge in [-0.3, -0.25) is 0 Å². The average Bonchev–Trinajstić information content (AvgIpc) is 3.46. The van der Waals surface area contributed by atoms with Gasteiger partial charge in [0.2, 0.25) is 0 Å². The molecule has 0 bridgehead atoms. The normalized spacial score (nSPS) is 23.4. The maximum atomic E-state index is 14.2. The lowest BCUT2D eigenvalue weighted by Crippen LogP contribution is -2.64. The number of rotatable bonds is 22. The molecule has 13 heteroatoms. The third-order valence-electron chi connectivity index (χ3n) is 12.9. The predicted molar refractivity (Wildman–Crippen MR) is 277 cm³/mol. The van der Waals surface area contributed by atoms with Crippen LogP contribution in [-0.2, 0) is 73.8 Å². The summed E-state index contributed by atoms with van der Waals surface area (Å²) in [7, 11) is 0. The summed E-state index contributed by atoms with van der Waals surface area (Å²) in [5.41, 5.74) is 4.44. The smallest absolute Gasteiger partial charge is 0.338 e. The van der Waals surface area contributed by atoms with Crippen LogP contribution >= 0.6 is 0 Å². The second kappa shape index (κ2) is 26.8. The van der Waals surface area contributed by atoms with Crippen molar-refractivity contribution in [3.05, 3.63) is 251 Å². The third-order valence-corrected chi connectivity index (χ3v) is 12.9. The van der Waals surface area contributed by atoms with Gasteiger partial charge >= 0.3 is 17.9 Å². The van der Waals surface area contributed by atoms with Crippen LogP contribution < -0.4 is 0 Å². The molecule has 2 aliphatic heterocycles. The Bertz CT molecular complexity index is 2810. The van der Waals surface area contributed by atoms with Gasteiger partial charge in [-0.05, 0) is 65.6 Å². The first kappa shape index (κ1) is 52.5. The summed E-state index contributed by atoms with van der Waals surface area (Å²) in [4.78, 5) is 42.1. The molecule has 0 saturated carbocycles. The van der Waals surface area contributed by atoms with Crippen molar-refractivity contribution in [2.45, 2.75) is 94.6 Å². The summed E-state index contributed by atoms with van der Waals surface area (Å²) < 4.78 is 66.5. The number of carbonyl (C=O) groups is 3. The molecule has 386 valence electrons. The third kappa shape index (κ3) is 14.5. The molecule has 13 nitrogen and oxygen atoms in total. The fourth-order valence-electron chi connectivity index (χ4n) is 9.04. The Morgan fingerprint density at radius 1 is 0.347 bits per heavy atom. The number of hydrogen-bond acceptors (Lipinski definition) is 13. The minimum Gasteiger partial charge on any atom is -0.452 e. The molecular weight excluding hydrogens is 953 g/mol. The summed E-state index contributed by atoms with van der Waals surface area (Å²) in [6, 6.07) is 64.4. The van der Waals surface area contributed by atoms with Crippen molar-refractivity contribution in [1.29, 1.82) is 0 Å². The Labute approximate surface area is 437 Å². The van der Waals surface area contributed by atoms with E-state index >= 15 is 0 Å². The monoisotopic (exact) mass is 1010 g/mol. The molecule has 10 atom stereocenters. The Morgan fingerprint density at radius 2 is 0.693 bits per heavy atom. The van der Waals surface area contributed by atoms with Gasteiger partial charge in [0.15, 0.2) is 24.6 Å². The highest BCUT2D eigenvalue weighted by Crippen LogP contribution is 2.35. The molecule has 2 heterocycles. The van der Waals surface area contributed by atoms with Crippen LogP contribution in [0.4, 0.5) is 0 Å². The molecule has 0 radical (unpaired) electrons. The van der Waals surface area contributed by atoms with Crippen molar-refractivity contribution in [2.24, 2.45) is 0 Å². The number of hydrogen-bond donors (Lipinski definition) is 0. The van der Waals surface area contributed by atoms with Gasteiger partial charge in [0.1, 0.15) is 30.5 Å². The van der Waals surface area contributed by atoms with Crippen molar-refractivity contribution in [3.63, 3.8) is 0 Å². The van der Waals surface area contributed by atoms with Gasteiger partial charge in [0.05, 0.1) is 62.4 Å². The molecule has 2 saturated heterocycles. The van der Waals surface area contributed by atoms with E-state index in [1.54, 1.807) is 97.9 Å². The predicted octanol–water partition coefficient (Wildman–Crippen LogP) is 10.2. The van der Waals surface area contributed by atoms with Crippen molar-refractivity contribution >= 4 is 17.9 Å². The number of esters is 3. The molecule has 75 heavy (non-hydrogen) atoms. The fraction of sp³-hybridized carbons (Fsp3) is 0.274. The van der Waals surface area contributed by atoms with Gasteiger partial charge in [-0.25, -0.2) is 14.4 Å². The quantitative estimate of drug-likeness (QED) is 0.0470. The van der Waals surface area contributed by atoms with Crippen LogP contribution in [0.2, 0.25) is 0 Å². The zero-order valence-electron chi connectivity index (χ0n) is 41.5. The van der Waals surface area contributed by atoms with E-state index in [0.717, 1.165) is 22.3 Å². The van der Waals surface area contributed by atoms with Crippen LogP contribution in [0.15, 0.2) is 212 Å². The van der Waals surface area contributed by atoms with Crippen molar-refractivity contribution < 1.29 is 61.8 Å². The molecule has 9 rings (SSSR count). The van der Waals surface area contributed by atoms with Crippen LogP contribution in [0.1, 0.15) is 60.3 Å². The van der Waals surface area contributed by atoms with E-state index in [1.165, 1.54) is 0 Å². The first-order chi connectivity index (χ1) is 36.9. The second-order valence-corrected chi connectivity index (χ2v) is 18.2. The maximum absolute atomic E-state index is 14.2. The Hall–Kier alpha value is -7.33. The van der Waals surface area contributed by atoms with Gasteiger partial charge in [0, 0.05) is 0 Å². The molecule has 2 fully saturated rings. The minimum absolute atomic E-state index is 0.0745. The van der Waals surface area contributed by atoms with Gasteiger partial charge in [-0.1, -0.05) is 176 Å². The van der Waals surface area contributed by atoms with E-state index in [0.29, 0.717) is 6.61 Å². The second-order valence-electron chi connectivity index (χ2n) is 18.2. The van der Waals surface area contributed by atoms with Gasteiger partial charge in [-0.2, -0.15) is 0 Å². The number of benzene rings is 7. The van der Waals surface area contributed by atoms with Crippen LogP contribution in [0.25, 0.3) is 0 Å². The highest BCUT2D eigenvalue weighted by atomic mass is 16.7. The standard InChI is InChI=1S/C62H60O13/c1-43-53(73-59(63)48-31-17-6-18-32-48)57(75-61(65)50-35-21-8-22-36-50)55(74-60(64)49-33-19-7-20-34-49)52(71-43)42-70-62-58(69-40-47-29-15-5-16-30-47)56(68-39-46-27-13-4-14-28-46)54(67-38-45-25-11-3-12-26-45)51(72-62)41-66-37-44-23-9-2-10-24-44/h2-36,43,51-58,62H,37-42H2,1H3/t43-,51?,52?,53+,54+,55+,56?,57?,58-,62-/m0/s1. The molecule has 0 amide bonds. The van der Waals surface area contributed by atoms with Crippen LogP contribution in [0.5, 0.6) is 0 Å². The molecular formula is C62H60O13. The lowest BCUT2D eigenvalue weighted by atomic mass is 9.94. The zero-order valence-corrected chi connectivity index (χ0v) is 41.5. The molecule has 2 aliphatic rings.